The Morgan fingerprint density at radius 2 is 1.68 bits per heavy atom. The van der Waals surface area contributed by atoms with E-state index in [1.165, 1.54) is 16.4 Å². The van der Waals surface area contributed by atoms with E-state index in [4.69, 9.17) is 14.2 Å². The predicted molar refractivity (Wildman–Crippen MR) is 126 cm³/mol. The van der Waals surface area contributed by atoms with E-state index in [1.54, 1.807) is 12.1 Å². The van der Waals surface area contributed by atoms with Crippen molar-refractivity contribution in [3.05, 3.63) is 48.0 Å². The van der Waals surface area contributed by atoms with Crippen molar-refractivity contribution in [2.24, 2.45) is 0 Å². The summed E-state index contributed by atoms with van der Waals surface area (Å²) in [6, 6.07) is 12.5. The lowest BCUT2D eigenvalue weighted by atomic mass is 10.0. The van der Waals surface area contributed by atoms with E-state index in [-0.39, 0.29) is 23.4 Å². The largest absolute Gasteiger partial charge is 0.486 e. The van der Waals surface area contributed by atoms with Crippen LogP contribution in [-0.4, -0.2) is 76.1 Å². The van der Waals surface area contributed by atoms with Gasteiger partial charge in [-0.3, -0.25) is 9.69 Å². The fraction of sp³-hybridized carbons (Fsp3) is 0.458. The second-order valence-electron chi connectivity index (χ2n) is 8.62. The number of ether oxygens (including phenoxy) is 3. The molecule has 2 fully saturated rings. The SMILES string of the molecule is O=C(CN1CCCC1c1ccc2c(c1)OCCO2)Nc1ccc(S(=O)(=O)N2CCOCC2)cc1. The van der Waals surface area contributed by atoms with Gasteiger partial charge < -0.3 is 19.5 Å². The van der Waals surface area contributed by atoms with Gasteiger partial charge in [0.1, 0.15) is 13.2 Å². The number of benzene rings is 2. The molecule has 1 unspecified atom stereocenters. The maximum Gasteiger partial charge on any atom is 0.243 e. The number of amides is 1. The second-order valence-corrected chi connectivity index (χ2v) is 10.6. The number of morpholine rings is 1. The van der Waals surface area contributed by atoms with E-state index >= 15 is 0 Å². The van der Waals surface area contributed by atoms with Gasteiger partial charge in [0.05, 0.1) is 24.7 Å². The second kappa shape index (κ2) is 9.91. The van der Waals surface area contributed by atoms with Crippen molar-refractivity contribution in [1.29, 1.82) is 0 Å². The Hall–Kier alpha value is -2.66. The van der Waals surface area contributed by atoms with Crippen molar-refractivity contribution in [2.75, 3.05) is 57.9 Å². The zero-order valence-electron chi connectivity index (χ0n) is 18.9. The van der Waals surface area contributed by atoms with Gasteiger partial charge in [-0.05, 0) is 61.3 Å². The molecule has 3 aliphatic rings. The molecule has 34 heavy (non-hydrogen) atoms. The summed E-state index contributed by atoms with van der Waals surface area (Å²) in [6.07, 6.45) is 1.99. The molecule has 2 aromatic carbocycles. The van der Waals surface area contributed by atoms with E-state index in [1.807, 2.05) is 18.2 Å². The molecule has 3 heterocycles. The van der Waals surface area contributed by atoms with Crippen LogP contribution in [0.25, 0.3) is 0 Å². The summed E-state index contributed by atoms with van der Waals surface area (Å²) in [4.78, 5) is 15.1. The molecule has 3 aliphatic heterocycles. The predicted octanol–water partition coefficient (Wildman–Crippen LogP) is 2.25. The molecule has 0 aromatic heterocycles. The first kappa shape index (κ1) is 23.1. The van der Waals surface area contributed by atoms with Gasteiger partial charge in [-0.2, -0.15) is 4.31 Å². The smallest absolute Gasteiger partial charge is 0.243 e. The molecule has 1 amide bonds. The Morgan fingerprint density at radius 1 is 0.941 bits per heavy atom. The van der Waals surface area contributed by atoms with Gasteiger partial charge in [-0.1, -0.05) is 6.07 Å². The summed E-state index contributed by atoms with van der Waals surface area (Å²) in [5.74, 6) is 1.39. The molecular formula is C24H29N3O6S. The van der Waals surface area contributed by atoms with Crippen molar-refractivity contribution in [2.45, 2.75) is 23.8 Å². The van der Waals surface area contributed by atoms with Crippen LogP contribution in [0.4, 0.5) is 5.69 Å². The minimum absolute atomic E-state index is 0.131. The fourth-order valence-electron chi connectivity index (χ4n) is 4.69. The molecule has 2 saturated heterocycles. The van der Waals surface area contributed by atoms with Gasteiger partial charge in [-0.25, -0.2) is 8.42 Å². The van der Waals surface area contributed by atoms with Crippen LogP contribution in [0.5, 0.6) is 11.5 Å². The maximum atomic E-state index is 12.8. The average Bonchev–Trinajstić information content (AvgIpc) is 3.32. The van der Waals surface area contributed by atoms with Gasteiger partial charge in [0, 0.05) is 24.8 Å². The molecule has 10 heteroatoms. The van der Waals surface area contributed by atoms with Crippen molar-refractivity contribution in [3.63, 3.8) is 0 Å². The summed E-state index contributed by atoms with van der Waals surface area (Å²) >= 11 is 0. The molecule has 0 radical (unpaired) electrons. The van der Waals surface area contributed by atoms with E-state index in [9.17, 15) is 13.2 Å². The Morgan fingerprint density at radius 3 is 2.44 bits per heavy atom. The number of hydrogen-bond acceptors (Lipinski definition) is 7. The molecule has 0 saturated carbocycles. The Bertz CT molecular complexity index is 1130. The quantitative estimate of drug-likeness (QED) is 0.668. The van der Waals surface area contributed by atoms with E-state index < -0.39 is 10.0 Å². The van der Waals surface area contributed by atoms with Gasteiger partial charge in [-0.15, -0.1) is 0 Å². The molecule has 1 atom stereocenters. The highest BCUT2D eigenvalue weighted by Gasteiger charge is 2.29. The van der Waals surface area contributed by atoms with Gasteiger partial charge in [0.25, 0.3) is 0 Å². The number of sulfonamides is 1. The number of rotatable bonds is 6. The maximum absolute atomic E-state index is 12.8. The van der Waals surface area contributed by atoms with Crippen molar-refractivity contribution in [1.82, 2.24) is 9.21 Å². The van der Waals surface area contributed by atoms with Crippen LogP contribution in [-0.2, 0) is 19.6 Å². The molecule has 182 valence electrons. The molecule has 0 spiro atoms. The number of likely N-dealkylation sites (tertiary alicyclic amines) is 1. The standard InChI is InChI=1S/C24H29N3O6S/c28-24(25-19-4-6-20(7-5-19)34(29,30)27-10-12-31-13-11-27)17-26-9-1-2-21(26)18-3-8-22-23(16-18)33-15-14-32-22/h3-8,16,21H,1-2,9-15,17H2,(H,25,28). The topological polar surface area (TPSA) is 97.4 Å². The van der Waals surface area contributed by atoms with Crippen LogP contribution < -0.4 is 14.8 Å². The van der Waals surface area contributed by atoms with E-state index in [2.05, 4.69) is 10.2 Å². The van der Waals surface area contributed by atoms with Crippen LogP contribution in [0.15, 0.2) is 47.4 Å². The average molecular weight is 488 g/mol. The Kier molecular flexibility index (Phi) is 6.73. The first-order valence-electron chi connectivity index (χ1n) is 11.6. The van der Waals surface area contributed by atoms with Crippen LogP contribution in [0.3, 0.4) is 0 Å². The van der Waals surface area contributed by atoms with Crippen molar-refractivity contribution in [3.8, 4) is 11.5 Å². The molecule has 0 bridgehead atoms. The number of anilines is 1. The lowest BCUT2D eigenvalue weighted by molar-refractivity contribution is -0.117. The normalized spacial score (nSPS) is 21.4. The summed E-state index contributed by atoms with van der Waals surface area (Å²) in [7, 11) is -3.56. The van der Waals surface area contributed by atoms with Crippen molar-refractivity contribution < 1.29 is 27.4 Å². The third-order valence-corrected chi connectivity index (χ3v) is 8.32. The van der Waals surface area contributed by atoms with Gasteiger partial charge in [0.15, 0.2) is 11.5 Å². The minimum Gasteiger partial charge on any atom is -0.486 e. The van der Waals surface area contributed by atoms with E-state index in [0.717, 1.165) is 36.4 Å². The molecule has 9 nitrogen and oxygen atoms in total. The monoisotopic (exact) mass is 487 g/mol. The summed E-state index contributed by atoms with van der Waals surface area (Å²) in [6.45, 7) is 3.69. The minimum atomic E-state index is -3.56. The number of carbonyl (C=O) groups is 1. The zero-order valence-corrected chi connectivity index (χ0v) is 19.8. The number of hydrogen-bond donors (Lipinski definition) is 1. The molecule has 2 aromatic rings. The van der Waals surface area contributed by atoms with Crippen LogP contribution in [0.2, 0.25) is 0 Å². The lowest BCUT2D eigenvalue weighted by Gasteiger charge is -2.26. The van der Waals surface area contributed by atoms with E-state index in [0.29, 0.717) is 45.2 Å². The summed E-state index contributed by atoms with van der Waals surface area (Å²) in [5, 5.41) is 2.90. The Labute approximate surface area is 199 Å². The lowest BCUT2D eigenvalue weighted by Crippen LogP contribution is -2.40. The highest BCUT2D eigenvalue weighted by Crippen LogP contribution is 2.38. The highest BCUT2D eigenvalue weighted by molar-refractivity contribution is 7.89. The van der Waals surface area contributed by atoms with Gasteiger partial charge >= 0.3 is 0 Å². The van der Waals surface area contributed by atoms with Crippen LogP contribution in [0.1, 0.15) is 24.4 Å². The first-order chi connectivity index (χ1) is 16.5. The first-order valence-corrected chi connectivity index (χ1v) is 13.1. The number of fused-ring (bicyclic) bond motifs is 1. The highest BCUT2D eigenvalue weighted by atomic mass is 32.2. The molecule has 5 rings (SSSR count). The van der Waals surface area contributed by atoms with Crippen LogP contribution >= 0.6 is 0 Å². The molecule has 1 N–H and O–H groups in total. The van der Waals surface area contributed by atoms with Gasteiger partial charge in [0.2, 0.25) is 15.9 Å². The summed E-state index contributed by atoms with van der Waals surface area (Å²) < 4.78 is 43.5. The van der Waals surface area contributed by atoms with Crippen LogP contribution in [0, 0.1) is 0 Å². The fourth-order valence-corrected chi connectivity index (χ4v) is 6.10. The number of nitrogens with zero attached hydrogens (tertiary/aromatic N) is 2. The molecular weight excluding hydrogens is 458 g/mol. The van der Waals surface area contributed by atoms with Crippen molar-refractivity contribution >= 4 is 21.6 Å². The third-order valence-electron chi connectivity index (χ3n) is 6.41. The summed E-state index contributed by atoms with van der Waals surface area (Å²) in [5.41, 5.74) is 1.69. The third kappa shape index (κ3) is 4.90. The zero-order chi connectivity index (χ0) is 23.5. The molecule has 0 aliphatic carbocycles. The Balaban J connectivity index is 1.21. The number of carbonyl (C=O) groups excluding carboxylic acids is 1. The number of nitrogens with one attached hydrogen (secondary N) is 1.